The lowest BCUT2D eigenvalue weighted by Gasteiger charge is -2.43. The van der Waals surface area contributed by atoms with Gasteiger partial charge in [0.05, 0.1) is 24.0 Å². The number of amides is 2. The molecule has 0 unspecified atom stereocenters. The number of imide groups is 1. The van der Waals surface area contributed by atoms with Crippen molar-refractivity contribution in [3.05, 3.63) is 44.4 Å². The normalized spacial score (nSPS) is 34.4. The topological polar surface area (TPSA) is 117 Å². The van der Waals surface area contributed by atoms with Crippen molar-refractivity contribution in [3.8, 4) is 5.75 Å². The van der Waals surface area contributed by atoms with Crippen molar-refractivity contribution < 1.29 is 24.2 Å². The van der Waals surface area contributed by atoms with Crippen LogP contribution in [0.15, 0.2) is 34.1 Å². The number of benzene rings is 1. The van der Waals surface area contributed by atoms with Gasteiger partial charge < -0.3 is 14.8 Å². The molecule has 166 valence electrons. The highest BCUT2D eigenvalue weighted by molar-refractivity contribution is 8.00. The minimum atomic E-state index is -1.18. The fourth-order valence-corrected chi connectivity index (χ4v) is 9.52. The first-order valence-corrected chi connectivity index (χ1v) is 12.2. The van der Waals surface area contributed by atoms with Crippen molar-refractivity contribution in [1.29, 1.82) is 0 Å². The highest BCUT2D eigenvalue weighted by Crippen LogP contribution is 2.68. The number of hydrogen-bond donors (Lipinski definition) is 2. The van der Waals surface area contributed by atoms with Gasteiger partial charge >= 0.3 is 10.8 Å². The molecule has 3 heterocycles. The van der Waals surface area contributed by atoms with Gasteiger partial charge in [-0.05, 0) is 30.2 Å². The predicted molar refractivity (Wildman–Crippen MR) is 116 cm³/mol. The number of ether oxygens (including phenoxy) is 1. The summed E-state index contributed by atoms with van der Waals surface area (Å²) in [4.78, 5) is 54.5. The lowest BCUT2D eigenvalue weighted by atomic mass is 9.68. The number of hydrogen-bond acceptors (Lipinski definition) is 7. The monoisotopic (exact) mass is 472 g/mol. The van der Waals surface area contributed by atoms with Crippen molar-refractivity contribution in [3.63, 3.8) is 0 Å². The van der Waals surface area contributed by atoms with E-state index in [1.807, 2.05) is 24.3 Å². The molecule has 32 heavy (non-hydrogen) atoms. The standard InChI is InChI=1S/C22H20N2O6S2/c1-30-11-5-3-2-4-8(11)13-14-9-6-10(17(14)31-19-18(13)32-22(29)23-19)16-15(9)20(27)24(21(16)28)7-12(25)26/h2-5,9-10,13-17H,6-7H2,1H3,(H,23,29)(H,25,26)/t9-,10+,13-,14+,15+,16+,17-/m0/s1. The van der Waals surface area contributed by atoms with Gasteiger partial charge in [-0.1, -0.05) is 29.5 Å². The van der Waals surface area contributed by atoms with Gasteiger partial charge in [-0.25, -0.2) is 0 Å². The molecule has 2 aromatic rings. The number of para-hydroxylation sites is 1. The molecule has 1 saturated heterocycles. The van der Waals surface area contributed by atoms with Crippen LogP contribution >= 0.6 is 23.1 Å². The summed E-state index contributed by atoms with van der Waals surface area (Å²) in [5, 5.41) is 10.1. The molecule has 6 rings (SSSR count). The van der Waals surface area contributed by atoms with E-state index in [-0.39, 0.29) is 45.6 Å². The summed E-state index contributed by atoms with van der Waals surface area (Å²) in [5.41, 5.74) is 0.977. The van der Waals surface area contributed by atoms with E-state index in [2.05, 4.69) is 4.98 Å². The van der Waals surface area contributed by atoms with Gasteiger partial charge in [-0.3, -0.25) is 24.1 Å². The first-order valence-electron chi connectivity index (χ1n) is 10.5. The maximum absolute atomic E-state index is 13.2. The largest absolute Gasteiger partial charge is 0.496 e. The molecule has 2 amide bonds. The van der Waals surface area contributed by atoms with Gasteiger partial charge in [0.15, 0.2) is 0 Å². The van der Waals surface area contributed by atoms with Crippen molar-refractivity contribution in [2.24, 2.45) is 29.6 Å². The molecule has 10 heteroatoms. The third kappa shape index (κ3) is 2.56. The molecular weight excluding hydrogens is 452 g/mol. The third-order valence-electron chi connectivity index (χ3n) is 7.58. The van der Waals surface area contributed by atoms with E-state index in [1.165, 1.54) is 11.3 Å². The number of thiazole rings is 1. The summed E-state index contributed by atoms with van der Waals surface area (Å²) in [6.07, 6.45) is 0.765. The fraction of sp³-hybridized carbons (Fsp3) is 0.455. The highest BCUT2D eigenvalue weighted by Gasteiger charge is 2.69. The molecule has 2 aliphatic carbocycles. The van der Waals surface area contributed by atoms with E-state index in [0.29, 0.717) is 0 Å². The van der Waals surface area contributed by atoms with Gasteiger partial charge in [0, 0.05) is 21.6 Å². The Morgan fingerprint density at radius 1 is 1.19 bits per heavy atom. The maximum Gasteiger partial charge on any atom is 0.323 e. The van der Waals surface area contributed by atoms with E-state index in [4.69, 9.17) is 4.74 Å². The van der Waals surface area contributed by atoms with Gasteiger partial charge in [-0.15, -0.1) is 11.8 Å². The molecule has 7 atom stereocenters. The summed E-state index contributed by atoms with van der Waals surface area (Å²) in [6.45, 7) is -0.580. The number of aliphatic carboxylic acids is 1. The number of carbonyl (C=O) groups excluding carboxylic acids is 2. The van der Waals surface area contributed by atoms with Crippen LogP contribution in [-0.2, 0) is 14.4 Å². The summed E-state index contributed by atoms with van der Waals surface area (Å²) in [5.74, 6) is -2.24. The van der Waals surface area contributed by atoms with Crippen molar-refractivity contribution >= 4 is 40.9 Å². The van der Waals surface area contributed by atoms with Crippen molar-refractivity contribution in [1.82, 2.24) is 9.88 Å². The number of nitrogens with one attached hydrogen (secondary N) is 1. The summed E-state index contributed by atoms with van der Waals surface area (Å²) >= 11 is 2.80. The second-order valence-electron chi connectivity index (χ2n) is 8.86. The Morgan fingerprint density at radius 2 is 1.91 bits per heavy atom. The van der Waals surface area contributed by atoms with Crippen LogP contribution in [0, 0.1) is 29.6 Å². The first-order chi connectivity index (χ1) is 15.4. The Hall–Kier alpha value is -2.59. The molecule has 1 aromatic carbocycles. The minimum absolute atomic E-state index is 0.0241. The second-order valence-corrected chi connectivity index (χ2v) is 11.1. The number of carboxylic acids is 1. The molecule has 2 saturated carbocycles. The molecule has 0 spiro atoms. The Morgan fingerprint density at radius 3 is 2.62 bits per heavy atom. The number of aromatic nitrogens is 1. The van der Waals surface area contributed by atoms with Crippen LogP contribution in [0.25, 0.3) is 0 Å². The van der Waals surface area contributed by atoms with Crippen LogP contribution in [0.1, 0.15) is 22.8 Å². The number of rotatable bonds is 4. The lowest BCUT2D eigenvalue weighted by molar-refractivity contribution is -0.149. The zero-order chi connectivity index (χ0) is 22.3. The van der Waals surface area contributed by atoms with Crippen LogP contribution in [0.4, 0.5) is 0 Å². The maximum atomic E-state index is 13.2. The number of methoxy groups -OCH3 is 1. The number of aromatic amines is 1. The zero-order valence-electron chi connectivity index (χ0n) is 17.0. The molecular formula is C22H20N2O6S2. The van der Waals surface area contributed by atoms with Crippen molar-refractivity contribution in [2.75, 3.05) is 13.7 Å². The molecule has 2 aliphatic heterocycles. The Labute approximate surface area is 191 Å². The van der Waals surface area contributed by atoms with E-state index >= 15 is 0 Å². The fourth-order valence-electron chi connectivity index (χ4n) is 6.64. The smallest absolute Gasteiger partial charge is 0.323 e. The SMILES string of the molecule is COc1ccccc1[C@@H]1c2sc(=O)[nH]c2S[C@H]2[C@@H]3C[C@H]([C@H]4C(=O)N(CC(=O)O)C(=O)[C@H]34)[C@H]12. The molecule has 8 nitrogen and oxygen atoms in total. The third-order valence-corrected chi connectivity index (χ3v) is 10.2. The van der Waals surface area contributed by atoms with Gasteiger partial charge in [0.25, 0.3) is 0 Å². The Kier molecular flexibility index (Phi) is 4.36. The van der Waals surface area contributed by atoms with E-state index in [1.54, 1.807) is 18.9 Å². The number of carboxylic acid groups (broad SMARTS) is 1. The second kappa shape index (κ2) is 6.95. The first kappa shape index (κ1) is 20.0. The van der Waals surface area contributed by atoms with Crippen LogP contribution in [0.3, 0.4) is 0 Å². The Bertz CT molecular complexity index is 1220. The average Bonchev–Trinajstić information content (AvgIpc) is 3.49. The number of H-pyrrole nitrogens is 1. The van der Waals surface area contributed by atoms with Crippen LogP contribution in [0.2, 0.25) is 0 Å². The van der Waals surface area contributed by atoms with E-state index in [9.17, 15) is 24.3 Å². The molecule has 4 aliphatic rings. The summed E-state index contributed by atoms with van der Waals surface area (Å²) in [7, 11) is 1.62. The van der Waals surface area contributed by atoms with Gasteiger partial charge in [0.2, 0.25) is 11.8 Å². The number of thioether (sulfide) groups is 1. The van der Waals surface area contributed by atoms with Gasteiger partial charge in [0.1, 0.15) is 12.3 Å². The zero-order valence-corrected chi connectivity index (χ0v) is 18.7. The number of nitrogens with zero attached hydrogens (tertiary/aromatic N) is 1. The number of likely N-dealkylation sites (tertiary alicyclic amines) is 1. The Balaban J connectivity index is 1.47. The molecule has 1 aromatic heterocycles. The lowest BCUT2D eigenvalue weighted by Crippen LogP contribution is -2.42. The van der Waals surface area contributed by atoms with E-state index in [0.717, 1.165) is 32.5 Å². The van der Waals surface area contributed by atoms with Crippen molar-refractivity contribution in [2.45, 2.75) is 22.6 Å². The van der Waals surface area contributed by atoms with Crippen LogP contribution in [0.5, 0.6) is 5.75 Å². The number of fused-ring (bicyclic) bond motifs is 9. The molecule has 0 radical (unpaired) electrons. The minimum Gasteiger partial charge on any atom is -0.496 e. The molecule has 2 bridgehead atoms. The van der Waals surface area contributed by atoms with Crippen LogP contribution in [-0.4, -0.2) is 51.7 Å². The predicted octanol–water partition coefficient (Wildman–Crippen LogP) is 2.00. The van der Waals surface area contributed by atoms with Crippen LogP contribution < -0.4 is 9.61 Å². The summed E-state index contributed by atoms with van der Waals surface area (Å²) < 4.78 is 5.65. The van der Waals surface area contributed by atoms with E-state index < -0.39 is 24.3 Å². The molecule has 2 N–H and O–H groups in total. The summed E-state index contributed by atoms with van der Waals surface area (Å²) in [6, 6.07) is 7.75. The average molecular weight is 473 g/mol. The molecule has 3 fully saturated rings. The van der Waals surface area contributed by atoms with Gasteiger partial charge in [-0.2, -0.15) is 0 Å². The number of carbonyl (C=O) groups is 3. The highest BCUT2D eigenvalue weighted by atomic mass is 32.2. The quantitative estimate of drug-likeness (QED) is 0.654.